The smallest absolute Gasteiger partial charge is 0.122 e. The summed E-state index contributed by atoms with van der Waals surface area (Å²) in [6.07, 6.45) is 1.09. The molecule has 0 N–H and O–H groups in total. The van der Waals surface area contributed by atoms with Crippen LogP contribution in [0.4, 0.5) is 0 Å². The molecule has 0 aromatic heterocycles. The Morgan fingerprint density at radius 3 is 2.41 bits per heavy atom. The standard InChI is InChI=1S/C15H25NO/c1-5-16(6-2)10-7-11-17-15-9-8-13(3)12-14(15)4/h8-9,12H,5-7,10-11H2,1-4H3. The summed E-state index contributed by atoms with van der Waals surface area (Å²) in [6.45, 7) is 12.8. The van der Waals surface area contributed by atoms with Crippen LogP contribution in [-0.4, -0.2) is 31.1 Å². The van der Waals surface area contributed by atoms with Gasteiger partial charge in [-0.1, -0.05) is 31.5 Å². The molecule has 2 nitrogen and oxygen atoms in total. The molecule has 96 valence electrons. The third kappa shape index (κ3) is 4.78. The van der Waals surface area contributed by atoms with E-state index in [1.807, 2.05) is 0 Å². The van der Waals surface area contributed by atoms with Crippen molar-refractivity contribution in [3.63, 3.8) is 0 Å². The lowest BCUT2D eigenvalue weighted by atomic mass is 10.1. The minimum atomic E-state index is 0.806. The zero-order valence-electron chi connectivity index (χ0n) is 11.6. The van der Waals surface area contributed by atoms with Gasteiger partial charge in [0.05, 0.1) is 6.61 Å². The minimum absolute atomic E-state index is 0.806. The van der Waals surface area contributed by atoms with E-state index in [4.69, 9.17) is 4.74 Å². The van der Waals surface area contributed by atoms with Crippen LogP contribution in [0, 0.1) is 13.8 Å². The van der Waals surface area contributed by atoms with Gasteiger partial charge in [0.1, 0.15) is 5.75 Å². The predicted octanol–water partition coefficient (Wildman–Crippen LogP) is 3.41. The van der Waals surface area contributed by atoms with Crippen LogP contribution >= 0.6 is 0 Å². The zero-order chi connectivity index (χ0) is 12.7. The van der Waals surface area contributed by atoms with Gasteiger partial charge < -0.3 is 9.64 Å². The first-order valence-corrected chi connectivity index (χ1v) is 6.59. The monoisotopic (exact) mass is 235 g/mol. The summed E-state index contributed by atoms with van der Waals surface area (Å²) < 4.78 is 5.80. The quantitative estimate of drug-likeness (QED) is 0.671. The maximum absolute atomic E-state index is 5.80. The van der Waals surface area contributed by atoms with E-state index in [-0.39, 0.29) is 0 Å². The highest BCUT2D eigenvalue weighted by Crippen LogP contribution is 2.18. The van der Waals surface area contributed by atoms with E-state index in [0.29, 0.717) is 0 Å². The Kier molecular flexibility index (Phi) is 6.06. The zero-order valence-corrected chi connectivity index (χ0v) is 11.6. The van der Waals surface area contributed by atoms with E-state index in [2.05, 4.69) is 50.8 Å². The van der Waals surface area contributed by atoms with Crippen LogP contribution in [0.1, 0.15) is 31.4 Å². The molecule has 0 spiro atoms. The van der Waals surface area contributed by atoms with Crippen LogP contribution in [0.2, 0.25) is 0 Å². The first-order chi connectivity index (χ1) is 8.17. The lowest BCUT2D eigenvalue weighted by molar-refractivity contribution is 0.248. The van der Waals surface area contributed by atoms with E-state index in [1.54, 1.807) is 0 Å². The van der Waals surface area contributed by atoms with E-state index in [0.717, 1.165) is 38.4 Å². The third-order valence-electron chi connectivity index (χ3n) is 3.10. The maximum Gasteiger partial charge on any atom is 0.122 e. The topological polar surface area (TPSA) is 12.5 Å². The van der Waals surface area contributed by atoms with E-state index >= 15 is 0 Å². The lowest BCUT2D eigenvalue weighted by Crippen LogP contribution is -2.25. The molecule has 0 aliphatic rings. The molecule has 0 bridgehead atoms. The summed E-state index contributed by atoms with van der Waals surface area (Å²) in [4.78, 5) is 2.42. The summed E-state index contributed by atoms with van der Waals surface area (Å²) in [5.74, 6) is 1.02. The second kappa shape index (κ2) is 7.33. The molecule has 0 fully saturated rings. The Hall–Kier alpha value is -1.02. The highest BCUT2D eigenvalue weighted by Gasteiger charge is 2.01. The van der Waals surface area contributed by atoms with E-state index in [9.17, 15) is 0 Å². The van der Waals surface area contributed by atoms with Crippen molar-refractivity contribution in [2.45, 2.75) is 34.1 Å². The van der Waals surface area contributed by atoms with Crippen LogP contribution in [0.5, 0.6) is 5.75 Å². The van der Waals surface area contributed by atoms with Crippen molar-refractivity contribution >= 4 is 0 Å². The van der Waals surface area contributed by atoms with Gasteiger partial charge in [0, 0.05) is 6.54 Å². The molecule has 0 saturated heterocycles. The van der Waals surface area contributed by atoms with Crippen LogP contribution in [0.15, 0.2) is 18.2 Å². The van der Waals surface area contributed by atoms with Gasteiger partial charge in [-0.2, -0.15) is 0 Å². The Balaban J connectivity index is 2.31. The van der Waals surface area contributed by atoms with Gasteiger partial charge in [0.2, 0.25) is 0 Å². The van der Waals surface area contributed by atoms with Crippen molar-refractivity contribution in [3.05, 3.63) is 29.3 Å². The second-order valence-corrected chi connectivity index (χ2v) is 4.50. The number of nitrogens with zero attached hydrogens (tertiary/aromatic N) is 1. The molecule has 0 amide bonds. The molecular formula is C15H25NO. The number of aryl methyl sites for hydroxylation is 2. The highest BCUT2D eigenvalue weighted by atomic mass is 16.5. The Morgan fingerprint density at radius 1 is 1.12 bits per heavy atom. The van der Waals surface area contributed by atoms with Crippen molar-refractivity contribution in [1.82, 2.24) is 4.90 Å². The number of hydrogen-bond donors (Lipinski definition) is 0. The Labute approximate surface area is 106 Å². The van der Waals surface area contributed by atoms with Gasteiger partial charge in [-0.05, 0) is 45.0 Å². The Bertz CT molecular complexity index is 332. The van der Waals surface area contributed by atoms with Crippen LogP contribution < -0.4 is 4.74 Å². The average molecular weight is 235 g/mol. The van der Waals surface area contributed by atoms with Gasteiger partial charge in [-0.25, -0.2) is 0 Å². The maximum atomic E-state index is 5.80. The number of rotatable bonds is 7. The second-order valence-electron chi connectivity index (χ2n) is 4.50. The number of benzene rings is 1. The predicted molar refractivity (Wildman–Crippen MR) is 73.8 cm³/mol. The first-order valence-electron chi connectivity index (χ1n) is 6.59. The molecule has 0 aliphatic heterocycles. The molecule has 0 saturated carbocycles. The van der Waals surface area contributed by atoms with Crippen LogP contribution in [0.3, 0.4) is 0 Å². The first kappa shape index (κ1) is 14.0. The van der Waals surface area contributed by atoms with Gasteiger partial charge in [-0.15, -0.1) is 0 Å². The summed E-state index contributed by atoms with van der Waals surface area (Å²) in [7, 11) is 0. The average Bonchev–Trinajstić information content (AvgIpc) is 2.32. The molecule has 0 heterocycles. The van der Waals surface area contributed by atoms with Gasteiger partial charge in [0.15, 0.2) is 0 Å². The molecule has 0 atom stereocenters. The fourth-order valence-corrected chi connectivity index (χ4v) is 1.97. The summed E-state index contributed by atoms with van der Waals surface area (Å²) in [5, 5.41) is 0. The van der Waals surface area contributed by atoms with Crippen molar-refractivity contribution in [1.29, 1.82) is 0 Å². The summed E-state index contributed by atoms with van der Waals surface area (Å²) in [5.41, 5.74) is 2.52. The SMILES string of the molecule is CCN(CC)CCCOc1ccc(C)cc1C. The van der Waals surface area contributed by atoms with E-state index < -0.39 is 0 Å². The molecule has 17 heavy (non-hydrogen) atoms. The molecule has 2 heteroatoms. The highest BCUT2D eigenvalue weighted by molar-refractivity contribution is 5.35. The van der Waals surface area contributed by atoms with Crippen molar-refractivity contribution in [3.8, 4) is 5.75 Å². The number of ether oxygens (including phenoxy) is 1. The number of hydrogen-bond acceptors (Lipinski definition) is 2. The van der Waals surface area contributed by atoms with Gasteiger partial charge in [0.25, 0.3) is 0 Å². The largest absolute Gasteiger partial charge is 0.493 e. The fraction of sp³-hybridized carbons (Fsp3) is 0.600. The normalized spacial score (nSPS) is 10.9. The van der Waals surface area contributed by atoms with E-state index in [1.165, 1.54) is 11.1 Å². The Morgan fingerprint density at radius 2 is 1.82 bits per heavy atom. The van der Waals surface area contributed by atoms with Gasteiger partial charge >= 0.3 is 0 Å². The molecule has 1 aromatic rings. The molecule has 1 aromatic carbocycles. The fourth-order valence-electron chi connectivity index (χ4n) is 1.97. The third-order valence-corrected chi connectivity index (χ3v) is 3.10. The summed E-state index contributed by atoms with van der Waals surface area (Å²) >= 11 is 0. The van der Waals surface area contributed by atoms with Crippen LogP contribution in [0.25, 0.3) is 0 Å². The van der Waals surface area contributed by atoms with Crippen molar-refractivity contribution in [2.24, 2.45) is 0 Å². The van der Waals surface area contributed by atoms with Crippen LogP contribution in [-0.2, 0) is 0 Å². The molecular weight excluding hydrogens is 210 g/mol. The van der Waals surface area contributed by atoms with Gasteiger partial charge in [-0.3, -0.25) is 0 Å². The molecule has 0 unspecified atom stereocenters. The van der Waals surface area contributed by atoms with Crippen molar-refractivity contribution < 1.29 is 4.74 Å². The molecule has 1 rings (SSSR count). The van der Waals surface area contributed by atoms with Crippen molar-refractivity contribution in [2.75, 3.05) is 26.2 Å². The molecule has 0 aliphatic carbocycles. The summed E-state index contributed by atoms with van der Waals surface area (Å²) in [6, 6.07) is 6.34. The minimum Gasteiger partial charge on any atom is -0.493 e. The molecule has 0 radical (unpaired) electrons. The lowest BCUT2D eigenvalue weighted by Gasteiger charge is -2.18.